The zero-order valence-electron chi connectivity index (χ0n) is 29.9. The van der Waals surface area contributed by atoms with Crippen molar-refractivity contribution in [3.05, 3.63) is 72.1 Å². The number of aromatic amines is 2. The van der Waals surface area contributed by atoms with Crippen molar-refractivity contribution in [1.29, 1.82) is 0 Å². The minimum Gasteiger partial charge on any atom is -0.465 e. The molecule has 6 N–H and O–H groups in total. The highest BCUT2D eigenvalue weighted by Crippen LogP contribution is 2.35. The lowest BCUT2D eigenvalue weighted by Crippen LogP contribution is -2.46. The fourth-order valence-corrected chi connectivity index (χ4v) is 7.04. The van der Waals surface area contributed by atoms with Crippen LogP contribution in [-0.2, 0) is 14.3 Å². The molecule has 0 saturated carbocycles. The van der Waals surface area contributed by atoms with E-state index in [1.165, 1.54) is 21.1 Å². The molecule has 0 unspecified atom stereocenters. The molecule has 16 nitrogen and oxygen atoms in total. The van der Waals surface area contributed by atoms with Crippen molar-refractivity contribution in [2.75, 3.05) is 27.2 Å². The molecule has 4 aromatic rings. The molecule has 0 aliphatic carbocycles. The summed E-state index contributed by atoms with van der Waals surface area (Å²) >= 11 is 0. The lowest BCUT2D eigenvalue weighted by atomic mass is 10.0. The van der Waals surface area contributed by atoms with Gasteiger partial charge in [0.1, 0.15) is 23.7 Å². The second-order valence-corrected chi connectivity index (χ2v) is 13.2. The first kappa shape index (κ1) is 36.6. The number of imidazole rings is 2. The summed E-state index contributed by atoms with van der Waals surface area (Å²) in [7, 11) is 2.78. The normalized spacial score (nSPS) is 18.0. The van der Waals surface area contributed by atoms with Gasteiger partial charge in [-0.2, -0.15) is 0 Å². The molecule has 2 aromatic heterocycles. The monoisotopic (exact) mass is 725 g/mol. The quantitative estimate of drug-likeness (QED) is 0.138. The summed E-state index contributed by atoms with van der Waals surface area (Å²) in [5.41, 5.74) is 5.13. The fraction of sp³-hybridized carbons (Fsp3) is 0.378. The number of nitrogens with one attached hydrogen (secondary N) is 5. The molecule has 4 atom stereocenters. The predicted octanol–water partition coefficient (Wildman–Crippen LogP) is 4.22. The average molecular weight is 726 g/mol. The SMILES string of the molecule is CNC(=O)c1nc([C@@H]2CCCN2C(=O)[C@H](C)NC(=O)OC)[nH]c1-c1ccc(-c2ccc(-c3cnc([C@@H]4CCCN4C(=O)[C@H](C)NC(=O)O)[nH]3)cc2)cc1. The molecular formula is C37H43N9O7. The molecule has 6 rings (SSSR count). The lowest BCUT2D eigenvalue weighted by molar-refractivity contribution is -0.134. The smallest absolute Gasteiger partial charge is 0.407 e. The van der Waals surface area contributed by atoms with Gasteiger partial charge < -0.3 is 45.6 Å². The molecule has 278 valence electrons. The van der Waals surface area contributed by atoms with Crippen LogP contribution in [-0.4, -0.2) is 104 Å². The summed E-state index contributed by atoms with van der Waals surface area (Å²) in [6.07, 6.45) is 2.72. The van der Waals surface area contributed by atoms with Gasteiger partial charge in [-0.1, -0.05) is 48.5 Å². The van der Waals surface area contributed by atoms with E-state index in [4.69, 9.17) is 5.11 Å². The van der Waals surface area contributed by atoms with Crippen LogP contribution in [0.25, 0.3) is 33.6 Å². The van der Waals surface area contributed by atoms with Crippen molar-refractivity contribution in [2.24, 2.45) is 0 Å². The van der Waals surface area contributed by atoms with Crippen LogP contribution in [0, 0.1) is 0 Å². The largest absolute Gasteiger partial charge is 0.465 e. The van der Waals surface area contributed by atoms with Crippen LogP contribution in [0.2, 0.25) is 0 Å². The third-order valence-electron chi connectivity index (χ3n) is 9.77. The average Bonchev–Trinajstić information content (AvgIpc) is 4.00. The van der Waals surface area contributed by atoms with Crippen molar-refractivity contribution in [3.8, 4) is 33.6 Å². The van der Waals surface area contributed by atoms with Gasteiger partial charge in [0.2, 0.25) is 11.8 Å². The molecule has 53 heavy (non-hydrogen) atoms. The highest BCUT2D eigenvalue weighted by Gasteiger charge is 2.37. The second kappa shape index (κ2) is 15.6. The number of H-pyrrole nitrogens is 2. The molecule has 0 bridgehead atoms. The number of nitrogens with zero attached hydrogens (tertiary/aromatic N) is 4. The van der Waals surface area contributed by atoms with Crippen LogP contribution in [0.15, 0.2) is 54.7 Å². The number of amides is 5. The van der Waals surface area contributed by atoms with E-state index < -0.39 is 30.3 Å². The Bertz CT molecular complexity index is 1990. The third-order valence-corrected chi connectivity index (χ3v) is 9.77. The van der Waals surface area contributed by atoms with Gasteiger partial charge in [0.15, 0.2) is 5.69 Å². The van der Waals surface area contributed by atoms with Gasteiger partial charge in [-0.05, 0) is 56.2 Å². The Morgan fingerprint density at radius 2 is 1.32 bits per heavy atom. The standard InChI is InChI=1S/C37H43N9O7/c1-20(40-36(50)51)34(48)45-17-5-7-27(45)31-39-19-26(42-31)24-13-9-22(10-14-24)23-11-15-25(16-12-23)29-30(33(47)38-3)44-32(43-29)28-8-6-18-46(28)35(49)21(2)41-37(52)53-4/h9-16,19-21,27-28,40H,5-8,17-18H2,1-4H3,(H,38,47)(H,39,42)(H,41,52)(H,43,44)(H,50,51)/t20-,21-,27-,28-/m0/s1. The highest BCUT2D eigenvalue weighted by atomic mass is 16.5. The van der Waals surface area contributed by atoms with E-state index >= 15 is 0 Å². The van der Waals surface area contributed by atoms with Crippen LogP contribution in [0.3, 0.4) is 0 Å². The van der Waals surface area contributed by atoms with E-state index in [2.05, 4.69) is 40.6 Å². The number of aromatic nitrogens is 4. The molecule has 4 heterocycles. The van der Waals surface area contributed by atoms with Crippen molar-refractivity contribution >= 4 is 29.9 Å². The number of rotatable bonds is 10. The number of ether oxygens (including phenoxy) is 1. The Balaban J connectivity index is 1.17. The minimum atomic E-state index is -1.24. The summed E-state index contributed by atoms with van der Waals surface area (Å²) in [5.74, 6) is 0.235. The number of hydrogen-bond acceptors (Lipinski definition) is 8. The first-order valence-corrected chi connectivity index (χ1v) is 17.5. The fourth-order valence-electron chi connectivity index (χ4n) is 7.04. The van der Waals surface area contributed by atoms with Crippen molar-refractivity contribution in [2.45, 2.75) is 63.7 Å². The third kappa shape index (κ3) is 7.71. The summed E-state index contributed by atoms with van der Waals surface area (Å²) < 4.78 is 4.64. The molecule has 5 amide bonds. The number of hydrogen-bond donors (Lipinski definition) is 6. The van der Waals surface area contributed by atoms with Gasteiger partial charge in [0.25, 0.3) is 5.91 Å². The number of carbonyl (C=O) groups excluding carboxylic acids is 4. The van der Waals surface area contributed by atoms with Gasteiger partial charge in [0.05, 0.1) is 36.8 Å². The minimum absolute atomic E-state index is 0.218. The molecule has 0 radical (unpaired) electrons. The first-order chi connectivity index (χ1) is 25.5. The summed E-state index contributed by atoms with van der Waals surface area (Å²) in [6.45, 7) is 4.16. The van der Waals surface area contributed by atoms with E-state index in [0.717, 1.165) is 47.2 Å². The van der Waals surface area contributed by atoms with Crippen LogP contribution in [0.4, 0.5) is 9.59 Å². The van der Waals surface area contributed by atoms with E-state index in [-0.39, 0.29) is 29.5 Å². The Morgan fingerprint density at radius 3 is 1.87 bits per heavy atom. The van der Waals surface area contributed by atoms with Crippen molar-refractivity contribution in [3.63, 3.8) is 0 Å². The molecule has 0 spiro atoms. The predicted molar refractivity (Wildman–Crippen MR) is 193 cm³/mol. The molecular weight excluding hydrogens is 682 g/mol. The number of benzene rings is 2. The maximum atomic E-state index is 13.2. The maximum Gasteiger partial charge on any atom is 0.407 e. The topological polar surface area (TPSA) is 215 Å². The Morgan fingerprint density at radius 1 is 0.792 bits per heavy atom. The zero-order chi connectivity index (χ0) is 37.8. The van der Waals surface area contributed by atoms with E-state index in [1.54, 1.807) is 22.9 Å². The summed E-state index contributed by atoms with van der Waals surface area (Å²) in [5, 5.41) is 16.4. The number of carbonyl (C=O) groups is 5. The van der Waals surface area contributed by atoms with Gasteiger partial charge in [0, 0.05) is 25.7 Å². The number of methoxy groups -OCH3 is 1. The van der Waals surface area contributed by atoms with Crippen LogP contribution in [0.5, 0.6) is 0 Å². The van der Waals surface area contributed by atoms with Gasteiger partial charge in [-0.15, -0.1) is 0 Å². The molecule has 2 fully saturated rings. The summed E-state index contributed by atoms with van der Waals surface area (Å²) in [6, 6.07) is 13.4. The second-order valence-electron chi connectivity index (χ2n) is 13.2. The van der Waals surface area contributed by atoms with E-state index in [0.29, 0.717) is 36.9 Å². The Kier molecular flexibility index (Phi) is 10.8. The Hall–Kier alpha value is -6.19. The van der Waals surface area contributed by atoms with Gasteiger partial charge in [-0.3, -0.25) is 14.4 Å². The zero-order valence-corrected chi connectivity index (χ0v) is 29.9. The Labute approximate surface area is 305 Å². The first-order valence-electron chi connectivity index (χ1n) is 17.5. The molecule has 2 aliphatic heterocycles. The van der Waals surface area contributed by atoms with Crippen LogP contribution in [0.1, 0.15) is 73.8 Å². The van der Waals surface area contributed by atoms with Gasteiger partial charge >= 0.3 is 12.2 Å². The van der Waals surface area contributed by atoms with Crippen molar-refractivity contribution < 1.29 is 33.8 Å². The van der Waals surface area contributed by atoms with Crippen molar-refractivity contribution in [1.82, 2.24) is 45.7 Å². The summed E-state index contributed by atoms with van der Waals surface area (Å²) in [4.78, 5) is 81.1. The number of carboxylic acid groups (broad SMARTS) is 1. The molecule has 16 heteroatoms. The van der Waals surface area contributed by atoms with Gasteiger partial charge in [-0.25, -0.2) is 19.6 Å². The molecule has 2 aliphatic rings. The molecule has 2 aromatic carbocycles. The van der Waals surface area contributed by atoms with Crippen LogP contribution >= 0.6 is 0 Å². The molecule has 2 saturated heterocycles. The lowest BCUT2D eigenvalue weighted by Gasteiger charge is -2.26. The number of alkyl carbamates (subject to hydrolysis) is 1. The van der Waals surface area contributed by atoms with E-state index in [9.17, 15) is 24.0 Å². The highest BCUT2D eigenvalue weighted by molar-refractivity contribution is 5.98. The number of likely N-dealkylation sites (tertiary alicyclic amines) is 2. The van der Waals surface area contributed by atoms with E-state index in [1.807, 2.05) is 48.5 Å². The maximum absolute atomic E-state index is 13.2. The van der Waals surface area contributed by atoms with Crippen LogP contribution < -0.4 is 16.0 Å².